The first-order chi connectivity index (χ1) is 12.5. The number of benzene rings is 2. The van der Waals surface area contributed by atoms with Gasteiger partial charge in [0.15, 0.2) is 0 Å². The van der Waals surface area contributed by atoms with E-state index in [9.17, 15) is 13.2 Å². The molecule has 136 valence electrons. The van der Waals surface area contributed by atoms with Gasteiger partial charge in [-0.25, -0.2) is 4.83 Å². The molecule has 2 aromatic carbocycles. The molecule has 1 atom stereocenters. The summed E-state index contributed by atoms with van der Waals surface area (Å²) in [7, 11) is -3.73. The van der Waals surface area contributed by atoms with Gasteiger partial charge in [0, 0.05) is 17.1 Å². The van der Waals surface area contributed by atoms with Crippen molar-refractivity contribution in [2.24, 2.45) is 5.10 Å². The summed E-state index contributed by atoms with van der Waals surface area (Å²) in [6, 6.07) is 15.1. The molecule has 8 heteroatoms. The van der Waals surface area contributed by atoms with Crippen LogP contribution >= 0.6 is 11.8 Å². The fourth-order valence-corrected chi connectivity index (χ4v) is 4.37. The van der Waals surface area contributed by atoms with Gasteiger partial charge in [0.25, 0.3) is 15.9 Å². The number of aryl methyl sites for hydroxylation is 1. The molecular formula is C18H19N3O3S2. The van der Waals surface area contributed by atoms with Crippen LogP contribution in [0.5, 0.6) is 0 Å². The Kier molecular flexibility index (Phi) is 5.63. The highest BCUT2D eigenvalue weighted by Crippen LogP contribution is 2.17. The topological polar surface area (TPSA) is 87.6 Å². The minimum Gasteiger partial charge on any atom is -0.343 e. The Bertz CT molecular complexity index is 910. The molecule has 1 amide bonds. The lowest BCUT2D eigenvalue weighted by Crippen LogP contribution is -2.41. The Morgan fingerprint density at radius 2 is 1.81 bits per heavy atom. The Labute approximate surface area is 157 Å². The highest BCUT2D eigenvalue weighted by molar-refractivity contribution is 8.00. The highest BCUT2D eigenvalue weighted by Gasteiger charge is 2.26. The van der Waals surface area contributed by atoms with Crippen LogP contribution in [0.3, 0.4) is 0 Å². The molecule has 26 heavy (non-hydrogen) atoms. The third kappa shape index (κ3) is 4.44. The second kappa shape index (κ2) is 7.92. The Balaban J connectivity index is 1.69. The van der Waals surface area contributed by atoms with E-state index < -0.39 is 10.0 Å². The molecule has 0 radical (unpaired) electrons. The van der Waals surface area contributed by atoms with E-state index in [1.165, 1.54) is 12.1 Å². The largest absolute Gasteiger partial charge is 0.343 e. The van der Waals surface area contributed by atoms with E-state index in [1.54, 1.807) is 48.2 Å². The van der Waals surface area contributed by atoms with Crippen molar-refractivity contribution >= 4 is 33.4 Å². The zero-order chi connectivity index (χ0) is 18.6. The molecule has 0 aromatic heterocycles. The number of hydrogen-bond donors (Lipinski definition) is 2. The minimum atomic E-state index is -3.73. The monoisotopic (exact) mass is 389 g/mol. The molecule has 0 saturated carbocycles. The van der Waals surface area contributed by atoms with Gasteiger partial charge in [0.2, 0.25) is 0 Å². The Hall–Kier alpha value is -2.32. The molecular weight excluding hydrogens is 370 g/mol. The van der Waals surface area contributed by atoms with Crippen molar-refractivity contribution in [3.05, 3.63) is 65.7 Å². The maximum absolute atomic E-state index is 12.3. The standard InChI is InChI=1S/C18H19N3O3S2/c1-13-7-9-15(10-8-13)26(23,24)21-20-17-12-25-11-16(17)19-18(22)14-5-3-2-4-6-14/h2-10,16,21H,11-12H2,1H3,(H,19,22)/b20-17-/t16-/m1/s1. The molecule has 1 heterocycles. The van der Waals surface area contributed by atoms with Crippen molar-refractivity contribution in [1.82, 2.24) is 10.1 Å². The van der Waals surface area contributed by atoms with Gasteiger partial charge in [0.05, 0.1) is 16.6 Å². The molecule has 1 aliphatic heterocycles. The zero-order valence-corrected chi connectivity index (χ0v) is 15.8. The number of carbonyl (C=O) groups excluding carboxylic acids is 1. The van der Waals surface area contributed by atoms with E-state index in [1.807, 2.05) is 13.0 Å². The average Bonchev–Trinajstić information content (AvgIpc) is 3.08. The van der Waals surface area contributed by atoms with Crippen LogP contribution in [0.1, 0.15) is 15.9 Å². The van der Waals surface area contributed by atoms with Crippen LogP contribution in [0.2, 0.25) is 0 Å². The van der Waals surface area contributed by atoms with Gasteiger partial charge in [-0.1, -0.05) is 35.9 Å². The molecule has 0 unspecified atom stereocenters. The molecule has 0 aliphatic carbocycles. The van der Waals surface area contributed by atoms with Gasteiger partial charge in [-0.3, -0.25) is 4.79 Å². The van der Waals surface area contributed by atoms with Crippen molar-refractivity contribution in [2.75, 3.05) is 11.5 Å². The Morgan fingerprint density at radius 1 is 1.12 bits per heavy atom. The lowest BCUT2D eigenvalue weighted by Gasteiger charge is -2.13. The number of sulfonamides is 1. The first kappa shape index (κ1) is 18.5. The van der Waals surface area contributed by atoms with Gasteiger partial charge < -0.3 is 5.32 Å². The number of hydrogen-bond acceptors (Lipinski definition) is 5. The van der Waals surface area contributed by atoms with Crippen LogP contribution in [-0.2, 0) is 10.0 Å². The second-order valence-electron chi connectivity index (χ2n) is 5.92. The predicted octanol–water partition coefficient (Wildman–Crippen LogP) is 2.17. The number of hydrazone groups is 1. The smallest absolute Gasteiger partial charge is 0.276 e. The Morgan fingerprint density at radius 3 is 2.50 bits per heavy atom. The molecule has 2 aromatic rings. The van der Waals surface area contributed by atoms with E-state index in [2.05, 4.69) is 15.2 Å². The van der Waals surface area contributed by atoms with Gasteiger partial charge in [-0.2, -0.15) is 25.3 Å². The lowest BCUT2D eigenvalue weighted by molar-refractivity contribution is 0.0950. The summed E-state index contributed by atoms with van der Waals surface area (Å²) in [5.41, 5.74) is 2.14. The first-order valence-corrected chi connectivity index (χ1v) is 10.7. The number of nitrogens with zero attached hydrogens (tertiary/aromatic N) is 1. The van der Waals surface area contributed by atoms with E-state index in [4.69, 9.17) is 0 Å². The zero-order valence-electron chi connectivity index (χ0n) is 14.2. The number of thioether (sulfide) groups is 1. The van der Waals surface area contributed by atoms with Crippen molar-refractivity contribution in [2.45, 2.75) is 17.9 Å². The minimum absolute atomic E-state index is 0.156. The van der Waals surface area contributed by atoms with E-state index in [0.717, 1.165) is 5.56 Å². The fourth-order valence-electron chi connectivity index (χ4n) is 2.43. The molecule has 2 N–H and O–H groups in total. The van der Waals surface area contributed by atoms with Crippen LogP contribution in [-0.4, -0.2) is 37.6 Å². The summed E-state index contributed by atoms with van der Waals surface area (Å²) >= 11 is 1.60. The summed E-state index contributed by atoms with van der Waals surface area (Å²) in [4.78, 5) is 14.7. The van der Waals surface area contributed by atoms with Crippen molar-refractivity contribution in [1.29, 1.82) is 0 Å². The third-order valence-corrected chi connectivity index (χ3v) is 6.21. The second-order valence-corrected chi connectivity index (χ2v) is 8.61. The quantitative estimate of drug-likeness (QED) is 0.767. The van der Waals surface area contributed by atoms with Crippen LogP contribution < -0.4 is 10.1 Å². The van der Waals surface area contributed by atoms with Crippen LogP contribution in [0, 0.1) is 6.92 Å². The maximum atomic E-state index is 12.3. The van der Waals surface area contributed by atoms with Crippen LogP contribution in [0.25, 0.3) is 0 Å². The van der Waals surface area contributed by atoms with Gasteiger partial charge >= 0.3 is 0 Å². The molecule has 3 rings (SSSR count). The van der Waals surface area contributed by atoms with Gasteiger partial charge in [0.1, 0.15) is 0 Å². The van der Waals surface area contributed by atoms with Crippen molar-refractivity contribution in [3.8, 4) is 0 Å². The summed E-state index contributed by atoms with van der Waals surface area (Å²) < 4.78 is 24.7. The third-order valence-electron chi connectivity index (χ3n) is 3.92. The molecule has 0 spiro atoms. The predicted molar refractivity (Wildman–Crippen MR) is 104 cm³/mol. The van der Waals surface area contributed by atoms with Gasteiger partial charge in [-0.05, 0) is 31.2 Å². The number of amides is 1. The number of rotatable bonds is 5. The normalized spacial score (nSPS) is 18.7. The van der Waals surface area contributed by atoms with E-state index in [-0.39, 0.29) is 16.8 Å². The van der Waals surface area contributed by atoms with Crippen molar-refractivity contribution in [3.63, 3.8) is 0 Å². The van der Waals surface area contributed by atoms with Crippen molar-refractivity contribution < 1.29 is 13.2 Å². The van der Waals surface area contributed by atoms with Gasteiger partial charge in [-0.15, -0.1) is 0 Å². The highest BCUT2D eigenvalue weighted by atomic mass is 32.2. The van der Waals surface area contributed by atoms with Crippen LogP contribution in [0.4, 0.5) is 0 Å². The summed E-state index contributed by atoms with van der Waals surface area (Å²) in [5, 5.41) is 6.97. The molecule has 1 aliphatic rings. The molecule has 1 saturated heterocycles. The van der Waals surface area contributed by atoms with E-state index >= 15 is 0 Å². The summed E-state index contributed by atoms with van der Waals surface area (Å²) in [6.45, 7) is 1.89. The fraction of sp³-hybridized carbons (Fsp3) is 0.222. The maximum Gasteiger partial charge on any atom is 0.276 e. The first-order valence-electron chi connectivity index (χ1n) is 8.04. The molecule has 6 nitrogen and oxygen atoms in total. The van der Waals surface area contributed by atoms with Crippen LogP contribution in [0.15, 0.2) is 64.6 Å². The summed E-state index contributed by atoms with van der Waals surface area (Å²) in [5.74, 6) is 1.02. The molecule has 0 bridgehead atoms. The lowest BCUT2D eigenvalue weighted by atomic mass is 10.1. The SMILES string of the molecule is Cc1ccc(S(=O)(=O)N/N=C2/CSC[C@H]2NC(=O)c2ccccc2)cc1. The number of nitrogens with one attached hydrogen (secondary N) is 2. The summed E-state index contributed by atoms with van der Waals surface area (Å²) in [6.07, 6.45) is 0. The van der Waals surface area contributed by atoms with E-state index in [0.29, 0.717) is 22.8 Å². The molecule has 1 fully saturated rings. The number of carbonyl (C=O) groups is 1. The average molecular weight is 390 g/mol.